The molecule has 2 rings (SSSR count). The van der Waals surface area contributed by atoms with Crippen LogP contribution in [0.25, 0.3) is 0 Å². The highest BCUT2D eigenvalue weighted by Gasteiger charge is 2.29. The van der Waals surface area contributed by atoms with Crippen molar-refractivity contribution < 1.29 is 9.84 Å². The van der Waals surface area contributed by atoms with E-state index in [9.17, 15) is 5.11 Å². The summed E-state index contributed by atoms with van der Waals surface area (Å²) in [4.78, 5) is 2.10. The predicted octanol–water partition coefficient (Wildman–Crippen LogP) is 1.42. The van der Waals surface area contributed by atoms with Crippen LogP contribution in [0.2, 0.25) is 0 Å². The maximum absolute atomic E-state index is 10.4. The second kappa shape index (κ2) is 6.14. The first kappa shape index (κ1) is 14.0. The molecule has 1 saturated heterocycles. The van der Waals surface area contributed by atoms with Crippen molar-refractivity contribution in [1.29, 1.82) is 0 Å². The predicted molar refractivity (Wildman–Crippen MR) is 72.4 cm³/mol. The van der Waals surface area contributed by atoms with E-state index in [2.05, 4.69) is 25.9 Å². The lowest BCUT2D eigenvalue weighted by molar-refractivity contribution is -0.00746. The van der Waals surface area contributed by atoms with Gasteiger partial charge in [0.05, 0.1) is 29.0 Å². The number of aromatic nitrogens is 2. The number of likely N-dealkylation sites (N-methyl/N-ethyl adjacent to an activating group) is 1. The Balaban J connectivity index is 2.12. The monoisotopic (exact) mass is 317 g/mol. The molecule has 1 aromatic rings. The van der Waals surface area contributed by atoms with Gasteiger partial charge in [-0.25, -0.2) is 0 Å². The molecule has 0 aromatic carbocycles. The van der Waals surface area contributed by atoms with Crippen LogP contribution < -0.4 is 0 Å². The molecule has 6 heteroatoms. The minimum atomic E-state index is -0.605. The lowest BCUT2D eigenvalue weighted by Gasteiger charge is -2.20. The summed E-state index contributed by atoms with van der Waals surface area (Å²) in [6.07, 6.45) is 2.96. The Labute approximate surface area is 116 Å². The molecule has 18 heavy (non-hydrogen) atoms. The van der Waals surface area contributed by atoms with Gasteiger partial charge >= 0.3 is 0 Å². The number of ether oxygens (including phenoxy) is 1. The van der Waals surface area contributed by atoms with Crippen LogP contribution in [0.4, 0.5) is 0 Å². The van der Waals surface area contributed by atoms with Gasteiger partial charge in [-0.15, -0.1) is 0 Å². The van der Waals surface area contributed by atoms with Gasteiger partial charge < -0.3 is 14.7 Å². The minimum Gasteiger partial charge on any atom is -0.384 e. The fourth-order valence-electron chi connectivity index (χ4n) is 2.17. The first-order valence-electron chi connectivity index (χ1n) is 6.25. The van der Waals surface area contributed by atoms with Gasteiger partial charge in [0.25, 0.3) is 0 Å². The van der Waals surface area contributed by atoms with E-state index in [1.54, 1.807) is 6.20 Å². The lowest BCUT2D eigenvalue weighted by Crippen LogP contribution is -2.24. The van der Waals surface area contributed by atoms with E-state index in [0.717, 1.165) is 42.7 Å². The maximum Gasteiger partial charge on any atom is 0.123 e. The van der Waals surface area contributed by atoms with Crippen LogP contribution >= 0.6 is 15.9 Å². The van der Waals surface area contributed by atoms with E-state index in [1.165, 1.54) is 0 Å². The molecule has 2 heterocycles. The number of halogens is 1. The maximum atomic E-state index is 10.4. The highest BCUT2D eigenvalue weighted by Crippen LogP contribution is 2.31. The Hall–Kier alpha value is -0.430. The van der Waals surface area contributed by atoms with Crippen LogP contribution in [0.3, 0.4) is 0 Å². The molecule has 0 spiro atoms. The van der Waals surface area contributed by atoms with Crippen molar-refractivity contribution in [3.63, 3.8) is 0 Å². The molecule has 2 atom stereocenters. The van der Waals surface area contributed by atoms with Crippen molar-refractivity contribution in [2.24, 2.45) is 0 Å². The number of rotatable bonds is 5. The Bertz CT molecular complexity index is 389. The van der Waals surface area contributed by atoms with Gasteiger partial charge in [-0.2, -0.15) is 5.10 Å². The lowest BCUT2D eigenvalue weighted by atomic mass is 10.1. The minimum absolute atomic E-state index is 0.101. The van der Waals surface area contributed by atoms with E-state index in [4.69, 9.17) is 4.74 Å². The van der Waals surface area contributed by atoms with E-state index < -0.39 is 6.10 Å². The molecule has 5 nitrogen and oxygen atoms in total. The van der Waals surface area contributed by atoms with Crippen molar-refractivity contribution in [3.05, 3.63) is 16.4 Å². The second-order valence-corrected chi connectivity index (χ2v) is 5.75. The topological polar surface area (TPSA) is 50.5 Å². The molecule has 1 N–H and O–H groups in total. The Morgan fingerprint density at radius 1 is 1.67 bits per heavy atom. The van der Waals surface area contributed by atoms with Crippen LogP contribution in [0.1, 0.15) is 24.6 Å². The van der Waals surface area contributed by atoms with Crippen molar-refractivity contribution >= 4 is 15.9 Å². The highest BCUT2D eigenvalue weighted by atomic mass is 79.9. The molecule has 0 bridgehead atoms. The summed E-state index contributed by atoms with van der Waals surface area (Å²) in [7, 11) is 4.05. The standard InChI is InChI=1S/C12H20BrN3O2/c1-15(2)5-6-16-11(9(13)8-14-16)12(17)10-4-3-7-18-10/h8,10,12,17H,3-7H2,1-2H3. The third kappa shape index (κ3) is 3.12. The molecule has 102 valence electrons. The molecule has 1 fully saturated rings. The quantitative estimate of drug-likeness (QED) is 0.892. The molecule has 0 saturated carbocycles. The molecule has 0 radical (unpaired) electrons. The number of aliphatic hydroxyl groups is 1. The first-order valence-corrected chi connectivity index (χ1v) is 7.04. The third-order valence-corrected chi connectivity index (χ3v) is 3.80. The molecule has 0 aliphatic carbocycles. The Kier molecular flexibility index (Phi) is 4.77. The molecule has 0 amide bonds. The average molecular weight is 318 g/mol. The Morgan fingerprint density at radius 2 is 2.44 bits per heavy atom. The molecule has 1 aromatic heterocycles. The smallest absolute Gasteiger partial charge is 0.123 e. The average Bonchev–Trinajstić information content (AvgIpc) is 2.94. The van der Waals surface area contributed by atoms with Gasteiger partial charge in [0.2, 0.25) is 0 Å². The van der Waals surface area contributed by atoms with Gasteiger partial charge in [0.1, 0.15) is 6.10 Å². The summed E-state index contributed by atoms with van der Waals surface area (Å²) in [6.45, 7) is 2.39. The van der Waals surface area contributed by atoms with Gasteiger partial charge in [0.15, 0.2) is 0 Å². The van der Waals surface area contributed by atoms with E-state index >= 15 is 0 Å². The summed E-state index contributed by atoms with van der Waals surface area (Å²) in [5.74, 6) is 0. The molecular weight excluding hydrogens is 298 g/mol. The van der Waals surface area contributed by atoms with E-state index in [-0.39, 0.29) is 6.10 Å². The number of hydrogen-bond donors (Lipinski definition) is 1. The van der Waals surface area contributed by atoms with Gasteiger partial charge in [0, 0.05) is 13.2 Å². The normalized spacial score (nSPS) is 21.7. The van der Waals surface area contributed by atoms with Gasteiger partial charge in [-0.3, -0.25) is 4.68 Å². The molecule has 1 aliphatic heterocycles. The molecular formula is C12H20BrN3O2. The van der Waals surface area contributed by atoms with Crippen LogP contribution in [0.15, 0.2) is 10.7 Å². The molecule has 1 aliphatic rings. The summed E-state index contributed by atoms with van der Waals surface area (Å²) < 4.78 is 8.26. The fourth-order valence-corrected chi connectivity index (χ4v) is 2.70. The summed E-state index contributed by atoms with van der Waals surface area (Å²) in [5, 5.41) is 14.7. The summed E-state index contributed by atoms with van der Waals surface area (Å²) in [5.41, 5.74) is 0.823. The summed E-state index contributed by atoms with van der Waals surface area (Å²) in [6, 6.07) is 0. The van der Waals surface area contributed by atoms with Gasteiger partial charge in [-0.1, -0.05) is 0 Å². The third-order valence-electron chi connectivity index (χ3n) is 3.19. The van der Waals surface area contributed by atoms with E-state index in [0.29, 0.717) is 0 Å². The number of aliphatic hydroxyl groups excluding tert-OH is 1. The van der Waals surface area contributed by atoms with Gasteiger partial charge in [-0.05, 0) is 42.9 Å². The molecule has 2 unspecified atom stereocenters. The summed E-state index contributed by atoms with van der Waals surface area (Å²) >= 11 is 3.46. The van der Waals surface area contributed by atoms with Crippen molar-refractivity contribution in [2.75, 3.05) is 27.2 Å². The van der Waals surface area contributed by atoms with Crippen molar-refractivity contribution in [2.45, 2.75) is 31.6 Å². The zero-order chi connectivity index (χ0) is 13.1. The zero-order valence-electron chi connectivity index (χ0n) is 10.8. The first-order chi connectivity index (χ1) is 8.59. The van der Waals surface area contributed by atoms with Crippen LogP contribution in [-0.2, 0) is 11.3 Å². The fraction of sp³-hybridized carbons (Fsp3) is 0.750. The van der Waals surface area contributed by atoms with Crippen molar-refractivity contribution in [1.82, 2.24) is 14.7 Å². The number of nitrogens with zero attached hydrogens (tertiary/aromatic N) is 3. The highest BCUT2D eigenvalue weighted by molar-refractivity contribution is 9.10. The SMILES string of the molecule is CN(C)CCn1ncc(Br)c1C(O)C1CCCO1. The van der Waals surface area contributed by atoms with Crippen molar-refractivity contribution in [3.8, 4) is 0 Å². The number of hydrogen-bond acceptors (Lipinski definition) is 4. The second-order valence-electron chi connectivity index (χ2n) is 4.90. The largest absolute Gasteiger partial charge is 0.384 e. The van der Waals surface area contributed by atoms with E-state index in [1.807, 2.05) is 18.8 Å². The van der Waals surface area contributed by atoms with Crippen LogP contribution in [-0.4, -0.2) is 53.1 Å². The Morgan fingerprint density at radius 3 is 3.06 bits per heavy atom. The van der Waals surface area contributed by atoms with Crippen LogP contribution in [0.5, 0.6) is 0 Å². The van der Waals surface area contributed by atoms with Crippen LogP contribution in [0, 0.1) is 0 Å². The zero-order valence-corrected chi connectivity index (χ0v) is 12.4.